The third kappa shape index (κ3) is 3.33. The second kappa shape index (κ2) is 6.17. The quantitative estimate of drug-likeness (QED) is 0.925. The molecule has 2 nitrogen and oxygen atoms in total. The van der Waals surface area contributed by atoms with Crippen molar-refractivity contribution in [3.8, 4) is 5.75 Å². The molecule has 0 bridgehead atoms. The Morgan fingerprint density at radius 1 is 1.26 bits per heavy atom. The first-order valence-corrected chi connectivity index (χ1v) is 6.66. The maximum Gasteiger partial charge on any atom is 0.165 e. The summed E-state index contributed by atoms with van der Waals surface area (Å²) < 4.78 is 19.4. The van der Waals surface area contributed by atoms with Gasteiger partial charge in [0.05, 0.1) is 13.2 Å². The number of rotatable bonds is 4. The van der Waals surface area contributed by atoms with Crippen molar-refractivity contribution < 1.29 is 14.2 Å². The van der Waals surface area contributed by atoms with E-state index in [0.717, 1.165) is 10.0 Å². The van der Waals surface area contributed by atoms with Gasteiger partial charge in [-0.25, -0.2) is 4.39 Å². The molecule has 0 saturated carbocycles. The zero-order valence-electron chi connectivity index (χ0n) is 10.4. The van der Waals surface area contributed by atoms with Crippen LogP contribution < -0.4 is 4.74 Å². The molecule has 0 radical (unpaired) electrons. The topological polar surface area (TPSA) is 29.5 Å². The van der Waals surface area contributed by atoms with Crippen LogP contribution >= 0.6 is 15.9 Å². The zero-order valence-corrected chi connectivity index (χ0v) is 12.0. The molecular weight excluding hydrogens is 311 g/mol. The van der Waals surface area contributed by atoms with Crippen LogP contribution in [0.5, 0.6) is 5.75 Å². The first-order chi connectivity index (χ1) is 9.11. The molecule has 0 aliphatic heterocycles. The Morgan fingerprint density at radius 2 is 2.00 bits per heavy atom. The molecule has 2 aromatic rings. The van der Waals surface area contributed by atoms with Crippen LogP contribution in [-0.2, 0) is 6.42 Å². The van der Waals surface area contributed by atoms with Crippen molar-refractivity contribution in [2.24, 2.45) is 0 Å². The van der Waals surface area contributed by atoms with Gasteiger partial charge in [0.2, 0.25) is 0 Å². The van der Waals surface area contributed by atoms with Gasteiger partial charge in [-0.2, -0.15) is 0 Å². The van der Waals surface area contributed by atoms with Gasteiger partial charge in [0.15, 0.2) is 11.6 Å². The number of benzene rings is 2. The molecule has 0 aliphatic rings. The minimum atomic E-state index is -0.751. The van der Waals surface area contributed by atoms with Crippen LogP contribution in [0.25, 0.3) is 0 Å². The van der Waals surface area contributed by atoms with Crippen LogP contribution in [0.15, 0.2) is 46.9 Å². The van der Waals surface area contributed by atoms with Gasteiger partial charge in [0, 0.05) is 10.9 Å². The normalized spacial score (nSPS) is 12.2. The van der Waals surface area contributed by atoms with Crippen molar-refractivity contribution in [1.29, 1.82) is 0 Å². The van der Waals surface area contributed by atoms with Crippen LogP contribution in [0.1, 0.15) is 17.2 Å². The van der Waals surface area contributed by atoms with E-state index in [4.69, 9.17) is 4.74 Å². The van der Waals surface area contributed by atoms with E-state index < -0.39 is 11.9 Å². The summed E-state index contributed by atoms with van der Waals surface area (Å²) in [6, 6.07) is 12.1. The molecule has 1 N–H and O–H groups in total. The zero-order chi connectivity index (χ0) is 13.8. The third-order valence-corrected chi connectivity index (χ3v) is 3.71. The molecule has 4 heteroatoms. The van der Waals surface area contributed by atoms with Crippen LogP contribution in [0.4, 0.5) is 4.39 Å². The number of aliphatic hydroxyl groups is 1. The molecule has 19 heavy (non-hydrogen) atoms. The molecule has 0 aromatic heterocycles. The van der Waals surface area contributed by atoms with E-state index in [1.54, 1.807) is 6.07 Å². The Balaban J connectivity index is 2.18. The Morgan fingerprint density at radius 3 is 2.63 bits per heavy atom. The largest absolute Gasteiger partial charge is 0.494 e. The molecular formula is C15H14BrFO2. The van der Waals surface area contributed by atoms with Gasteiger partial charge in [-0.1, -0.05) is 40.2 Å². The molecule has 0 spiro atoms. The molecule has 2 aromatic carbocycles. The number of methoxy groups -OCH3 is 1. The van der Waals surface area contributed by atoms with Gasteiger partial charge < -0.3 is 9.84 Å². The summed E-state index contributed by atoms with van der Waals surface area (Å²) in [5.41, 5.74) is 1.51. The van der Waals surface area contributed by atoms with Gasteiger partial charge in [-0.05, 0) is 29.3 Å². The molecule has 0 aliphatic carbocycles. The number of ether oxygens (including phenoxy) is 1. The Bertz CT molecular complexity index is 572. The van der Waals surface area contributed by atoms with Gasteiger partial charge in [0.1, 0.15) is 0 Å². The van der Waals surface area contributed by atoms with Crippen molar-refractivity contribution in [2.45, 2.75) is 12.5 Å². The Labute approximate surface area is 120 Å². The summed E-state index contributed by atoms with van der Waals surface area (Å²) in [5, 5.41) is 10.2. The summed E-state index contributed by atoms with van der Waals surface area (Å²) in [6.45, 7) is 0. The number of halogens is 2. The van der Waals surface area contributed by atoms with Crippen LogP contribution in [0.2, 0.25) is 0 Å². The highest BCUT2D eigenvalue weighted by atomic mass is 79.9. The second-order valence-electron chi connectivity index (χ2n) is 4.21. The summed E-state index contributed by atoms with van der Waals surface area (Å²) in [7, 11) is 1.41. The number of hydrogen-bond donors (Lipinski definition) is 1. The average Bonchev–Trinajstić information content (AvgIpc) is 2.41. The van der Waals surface area contributed by atoms with E-state index in [0.29, 0.717) is 12.0 Å². The first-order valence-electron chi connectivity index (χ1n) is 5.86. The SMILES string of the molecule is COc1ccc(C(O)Cc2ccccc2Br)cc1F. The third-order valence-electron chi connectivity index (χ3n) is 2.93. The summed E-state index contributed by atoms with van der Waals surface area (Å²) >= 11 is 3.43. The minimum Gasteiger partial charge on any atom is -0.494 e. The molecule has 1 atom stereocenters. The van der Waals surface area contributed by atoms with E-state index >= 15 is 0 Å². The highest BCUT2D eigenvalue weighted by Gasteiger charge is 2.13. The lowest BCUT2D eigenvalue weighted by atomic mass is 10.0. The summed E-state index contributed by atoms with van der Waals surface area (Å²) in [6.07, 6.45) is -0.327. The number of hydrogen-bond acceptors (Lipinski definition) is 2. The van der Waals surface area contributed by atoms with Crippen molar-refractivity contribution >= 4 is 15.9 Å². The Kier molecular flexibility index (Phi) is 4.56. The van der Waals surface area contributed by atoms with Gasteiger partial charge >= 0.3 is 0 Å². The van der Waals surface area contributed by atoms with Crippen LogP contribution in [-0.4, -0.2) is 12.2 Å². The number of aliphatic hydroxyl groups excluding tert-OH is 1. The maximum atomic E-state index is 13.6. The predicted octanol–water partition coefficient (Wildman–Crippen LogP) is 3.87. The van der Waals surface area contributed by atoms with Gasteiger partial charge in [-0.3, -0.25) is 0 Å². The molecule has 2 rings (SSSR count). The second-order valence-corrected chi connectivity index (χ2v) is 5.06. The summed E-state index contributed by atoms with van der Waals surface area (Å²) in [4.78, 5) is 0. The van der Waals surface area contributed by atoms with E-state index in [1.165, 1.54) is 19.2 Å². The Hall–Kier alpha value is -1.39. The van der Waals surface area contributed by atoms with Crippen LogP contribution in [0, 0.1) is 5.82 Å². The smallest absolute Gasteiger partial charge is 0.165 e. The molecule has 0 heterocycles. The highest BCUT2D eigenvalue weighted by Crippen LogP contribution is 2.26. The van der Waals surface area contributed by atoms with Crippen molar-refractivity contribution in [3.05, 3.63) is 63.9 Å². The molecule has 0 amide bonds. The van der Waals surface area contributed by atoms with Crippen molar-refractivity contribution in [2.75, 3.05) is 7.11 Å². The molecule has 0 fully saturated rings. The fourth-order valence-corrected chi connectivity index (χ4v) is 2.33. The molecule has 100 valence electrons. The maximum absolute atomic E-state index is 13.6. The monoisotopic (exact) mass is 324 g/mol. The highest BCUT2D eigenvalue weighted by molar-refractivity contribution is 9.10. The standard InChI is InChI=1S/C15H14BrFO2/c1-19-15-7-6-11(8-13(15)17)14(18)9-10-4-2-3-5-12(10)16/h2-8,14,18H,9H2,1H3. The minimum absolute atomic E-state index is 0.178. The lowest BCUT2D eigenvalue weighted by molar-refractivity contribution is 0.177. The van der Waals surface area contributed by atoms with Crippen LogP contribution in [0.3, 0.4) is 0 Å². The van der Waals surface area contributed by atoms with E-state index in [2.05, 4.69) is 15.9 Å². The first kappa shape index (κ1) is 14.0. The summed E-state index contributed by atoms with van der Waals surface area (Å²) in [5.74, 6) is -0.289. The van der Waals surface area contributed by atoms with Crippen molar-refractivity contribution in [1.82, 2.24) is 0 Å². The van der Waals surface area contributed by atoms with Gasteiger partial charge in [-0.15, -0.1) is 0 Å². The van der Waals surface area contributed by atoms with Gasteiger partial charge in [0.25, 0.3) is 0 Å². The average molecular weight is 325 g/mol. The molecule has 1 unspecified atom stereocenters. The fraction of sp³-hybridized carbons (Fsp3) is 0.200. The van der Waals surface area contributed by atoms with E-state index in [9.17, 15) is 9.50 Å². The lowest BCUT2D eigenvalue weighted by Crippen LogP contribution is -2.03. The van der Waals surface area contributed by atoms with E-state index in [1.807, 2.05) is 24.3 Å². The fourth-order valence-electron chi connectivity index (χ4n) is 1.88. The predicted molar refractivity (Wildman–Crippen MR) is 75.8 cm³/mol. The van der Waals surface area contributed by atoms with E-state index in [-0.39, 0.29) is 5.75 Å². The molecule has 0 saturated heterocycles. The van der Waals surface area contributed by atoms with Crippen molar-refractivity contribution in [3.63, 3.8) is 0 Å². The lowest BCUT2D eigenvalue weighted by Gasteiger charge is -2.13.